The molecule has 0 saturated heterocycles. The Kier molecular flexibility index (Phi) is 15400. The van der Waals surface area contributed by atoms with Gasteiger partial charge in [-0.1, -0.05) is 0 Å². The molecule has 0 saturated carbocycles. The van der Waals surface area contributed by atoms with Gasteiger partial charge in [0.2, 0.25) is 0 Å². The van der Waals surface area contributed by atoms with Crippen molar-refractivity contribution in [1.82, 2.24) is 0 Å². The fourth-order valence-electron chi connectivity index (χ4n) is 0. The Morgan fingerprint density at radius 3 is 0.429 bits per heavy atom. The zero-order chi connectivity index (χ0) is 0. The van der Waals surface area contributed by atoms with Crippen LogP contribution in [-0.2, 0) is 26.2 Å². The van der Waals surface area contributed by atoms with E-state index in [0.29, 0.717) is 0 Å². The van der Waals surface area contributed by atoms with Crippen LogP contribution < -0.4 is 0 Å². The van der Waals surface area contributed by atoms with Gasteiger partial charge in [0.25, 0.3) is 0 Å². The van der Waals surface area contributed by atoms with E-state index in [0.717, 1.165) is 0 Å². The molecule has 7 heteroatoms. The van der Waals surface area contributed by atoms with E-state index in [1.54, 1.807) is 0 Å². The molecule has 0 aromatic carbocycles. The maximum Gasteiger partial charge on any atom is 4.00 e. The normalized spacial score (nSPS) is 0. The van der Waals surface area contributed by atoms with E-state index in [1.807, 2.05) is 0 Å². The first-order chi connectivity index (χ1) is 0. The molecule has 7 heavy (non-hydrogen) atoms. The summed E-state index contributed by atoms with van der Waals surface area (Å²) in [5.74, 6) is 0. The molecule has 0 bridgehead atoms. The predicted octanol–water partition coefficient (Wildman–Crippen LogP) is -1.42. The van der Waals surface area contributed by atoms with Crippen LogP contribution in [0, 0.1) is 12.4 Å². The molecular weight excluding hydrogens is 207 g/mol. The van der Waals surface area contributed by atoms with Gasteiger partial charge in [-0.2, -0.15) is 0 Å². The van der Waals surface area contributed by atoms with Gasteiger partial charge in [-0.3, -0.25) is 0 Å². The predicted molar refractivity (Wildman–Crippen MR) is 12.5 cm³/mol. The fraction of sp³-hybridized carbons (Fsp3) is 0. The second kappa shape index (κ2) is 263. The summed E-state index contributed by atoms with van der Waals surface area (Å²) in [5, 5.41) is 0. The van der Waals surface area contributed by atoms with Crippen molar-refractivity contribution in [3.8, 4) is 0 Å². The van der Waals surface area contributed by atoms with Crippen LogP contribution in [0.3, 0.4) is 0 Å². The Balaban J connectivity index is 0. The Morgan fingerprint density at radius 1 is 0.429 bits per heavy atom. The van der Waals surface area contributed by atoms with Crippen molar-refractivity contribution in [2.45, 2.75) is 0 Å². The average molecular weight is 214 g/mol. The summed E-state index contributed by atoms with van der Waals surface area (Å²) in [4.78, 5) is 0. The Morgan fingerprint density at radius 2 is 0.429 bits per heavy atom. The molecule has 5 nitrogen and oxygen atoms in total. The fourth-order valence-corrected chi connectivity index (χ4v) is 0. The van der Waals surface area contributed by atoms with Crippen molar-refractivity contribution in [3.05, 3.63) is 0 Å². The van der Waals surface area contributed by atoms with E-state index in [1.165, 1.54) is 0 Å². The molecule has 5 N–H and O–H groups in total. The third-order valence-electron chi connectivity index (χ3n) is 0. The van der Waals surface area contributed by atoms with Crippen LogP contribution in [0.4, 0.5) is 0 Å². The van der Waals surface area contributed by atoms with Crippen molar-refractivity contribution in [2.75, 3.05) is 0 Å². The van der Waals surface area contributed by atoms with E-state index in [4.69, 9.17) is 0 Å². The summed E-state index contributed by atoms with van der Waals surface area (Å²) in [6, 6.07) is 0. The summed E-state index contributed by atoms with van der Waals surface area (Å²) in [6.07, 6.45) is 0. The van der Waals surface area contributed by atoms with Crippen LogP contribution in [0.25, 0.3) is 0 Å². The molecule has 0 aliphatic heterocycles. The smallest absolute Gasteiger partial charge is 0.870 e. The largest absolute Gasteiger partial charge is 4.00 e. The molecule has 0 fully saturated rings. The van der Waals surface area contributed by atoms with Gasteiger partial charge in [-0.05, 0) is 0 Å². The Hall–Kier alpha value is 0.973. The molecule has 0 spiro atoms. The zero-order valence-electron chi connectivity index (χ0n) is 3.18. The van der Waals surface area contributed by atoms with Crippen LogP contribution in [0.1, 0.15) is 0 Å². The van der Waals surface area contributed by atoms with E-state index in [-0.39, 0.29) is 66.0 Å². The minimum absolute atomic E-state index is 0. The van der Waals surface area contributed by atoms with Gasteiger partial charge < -0.3 is 27.4 Å². The summed E-state index contributed by atoms with van der Waals surface area (Å²) in [5.41, 5.74) is 0. The third kappa shape index (κ3) is 182. The molecule has 0 amide bonds. The van der Waals surface area contributed by atoms with Gasteiger partial charge in [0, 0.05) is 0 Å². The first-order valence-corrected chi connectivity index (χ1v) is 0. The maximum absolute atomic E-state index is 0. The summed E-state index contributed by atoms with van der Waals surface area (Å²) < 4.78 is 0. The first kappa shape index (κ1) is 409. The Labute approximate surface area is 66.2 Å². The SMILES string of the molecule is [ClH2+].[OH-].[OH-].[OH-].[OH-].[OH-].[Zr+4]. The van der Waals surface area contributed by atoms with E-state index in [2.05, 4.69) is 0 Å². The van der Waals surface area contributed by atoms with Crippen molar-refractivity contribution in [3.63, 3.8) is 0 Å². The molecule has 0 atom stereocenters. The molecule has 0 aliphatic rings. The van der Waals surface area contributed by atoms with Crippen molar-refractivity contribution < 1.29 is 66.0 Å². The first-order valence-electron chi connectivity index (χ1n) is 0. The molecule has 48 valence electrons. The van der Waals surface area contributed by atoms with Crippen molar-refractivity contribution in [1.29, 1.82) is 0 Å². The van der Waals surface area contributed by atoms with Gasteiger partial charge in [-0.15, -0.1) is 0 Å². The molecular formula is H7ClO5Zr. The Bertz CT molecular complexity index is 8.04. The quantitative estimate of drug-likeness (QED) is 0.484. The molecule has 0 aliphatic carbocycles. The van der Waals surface area contributed by atoms with Crippen LogP contribution >= 0.6 is 0 Å². The molecule has 0 aromatic rings. The minimum atomic E-state index is 0. The summed E-state index contributed by atoms with van der Waals surface area (Å²) in [6.45, 7) is 0. The number of hydrogen-bond donors (Lipinski definition) is 0. The van der Waals surface area contributed by atoms with Crippen molar-refractivity contribution in [2.24, 2.45) is 0 Å². The third-order valence-corrected chi connectivity index (χ3v) is 0. The van der Waals surface area contributed by atoms with Crippen LogP contribution in [-0.4, -0.2) is 27.4 Å². The second-order valence-electron chi connectivity index (χ2n) is 0. The van der Waals surface area contributed by atoms with Gasteiger partial charge in [0.05, 0.1) is 12.4 Å². The minimum Gasteiger partial charge on any atom is -0.870 e. The van der Waals surface area contributed by atoms with E-state index in [9.17, 15) is 0 Å². The van der Waals surface area contributed by atoms with Gasteiger partial charge in [-0.25, -0.2) is 0 Å². The average Bonchev–Trinajstić information content (AvgIpc) is 0. The molecule has 0 rings (SSSR count). The molecule has 0 radical (unpaired) electrons. The summed E-state index contributed by atoms with van der Waals surface area (Å²) in [7, 11) is 0. The number of hydrogen-bond acceptors (Lipinski definition) is 5. The van der Waals surface area contributed by atoms with Gasteiger partial charge in [0.1, 0.15) is 0 Å². The van der Waals surface area contributed by atoms with Crippen LogP contribution in [0.5, 0.6) is 0 Å². The summed E-state index contributed by atoms with van der Waals surface area (Å²) >= 11 is 0. The van der Waals surface area contributed by atoms with Crippen LogP contribution in [0.15, 0.2) is 0 Å². The monoisotopic (exact) mass is 212 g/mol. The second-order valence-corrected chi connectivity index (χ2v) is 0. The molecule has 0 heterocycles. The van der Waals surface area contributed by atoms with Gasteiger partial charge >= 0.3 is 26.2 Å². The molecule has 0 aromatic heterocycles. The standard InChI is InChI=1S/ClH2.5H2O.Zr/h6*1H2;/q+1;;;;;;+4/p-5. The van der Waals surface area contributed by atoms with E-state index < -0.39 is 0 Å². The van der Waals surface area contributed by atoms with Crippen LogP contribution in [0.2, 0.25) is 0 Å². The maximum atomic E-state index is 0. The van der Waals surface area contributed by atoms with Gasteiger partial charge in [0.15, 0.2) is 0 Å². The van der Waals surface area contributed by atoms with Crippen molar-refractivity contribution >= 4 is 0 Å². The van der Waals surface area contributed by atoms with E-state index >= 15 is 0 Å². The molecule has 0 unspecified atom stereocenters. The number of rotatable bonds is 0. The zero-order valence-corrected chi connectivity index (χ0v) is 6.54. The number of halogens is 1. The topological polar surface area (TPSA) is 150 Å².